The Kier molecular flexibility index (Phi) is 2.96. The molecular formula is C13H15BrO. The summed E-state index contributed by atoms with van der Waals surface area (Å²) in [4.78, 5) is 12.3. The van der Waals surface area contributed by atoms with E-state index in [9.17, 15) is 4.79 Å². The number of alkyl halides is 1. The molecule has 0 heterocycles. The third kappa shape index (κ3) is 2.00. The van der Waals surface area contributed by atoms with E-state index in [0.717, 1.165) is 36.8 Å². The molecule has 2 heteroatoms. The average Bonchev–Trinajstić information content (AvgIpc) is 2.66. The van der Waals surface area contributed by atoms with Crippen molar-refractivity contribution in [3.63, 3.8) is 0 Å². The van der Waals surface area contributed by atoms with Crippen molar-refractivity contribution in [2.24, 2.45) is 0 Å². The van der Waals surface area contributed by atoms with Gasteiger partial charge in [-0.05, 0) is 25.3 Å². The van der Waals surface area contributed by atoms with Gasteiger partial charge in [-0.25, -0.2) is 0 Å². The summed E-state index contributed by atoms with van der Waals surface area (Å²) in [5.74, 6) is 0.262. The number of rotatable bonds is 2. The van der Waals surface area contributed by atoms with Crippen molar-refractivity contribution in [2.75, 3.05) is 0 Å². The first-order valence-electron chi connectivity index (χ1n) is 5.43. The predicted octanol–water partition coefficient (Wildman–Crippen LogP) is 3.89. The zero-order valence-electron chi connectivity index (χ0n) is 8.92. The number of hydrogen-bond donors (Lipinski definition) is 0. The van der Waals surface area contributed by atoms with E-state index in [2.05, 4.69) is 15.9 Å². The summed E-state index contributed by atoms with van der Waals surface area (Å²) in [6.45, 7) is 2.00. The van der Waals surface area contributed by atoms with Crippen LogP contribution >= 0.6 is 15.9 Å². The zero-order chi connectivity index (χ0) is 10.9. The molecule has 1 aromatic carbocycles. The van der Waals surface area contributed by atoms with Crippen molar-refractivity contribution in [1.82, 2.24) is 0 Å². The normalized spacial score (nSPS) is 19.1. The van der Waals surface area contributed by atoms with Crippen LogP contribution in [0.15, 0.2) is 24.3 Å². The highest BCUT2D eigenvalue weighted by atomic mass is 79.9. The van der Waals surface area contributed by atoms with Gasteiger partial charge in [-0.1, -0.05) is 53.0 Å². The topological polar surface area (TPSA) is 17.1 Å². The molecule has 0 spiro atoms. The molecule has 0 atom stereocenters. The molecule has 1 aliphatic rings. The summed E-state index contributed by atoms with van der Waals surface area (Å²) in [5.41, 5.74) is 1.95. The number of carbonyl (C=O) groups excluding carboxylic acids is 1. The van der Waals surface area contributed by atoms with E-state index in [1.165, 1.54) is 0 Å². The molecule has 0 aliphatic heterocycles. The lowest BCUT2D eigenvalue weighted by Crippen LogP contribution is -2.28. The SMILES string of the molecule is Cc1ccccc1C(=O)C1(Br)CCCC1. The quantitative estimate of drug-likeness (QED) is 0.587. The Balaban J connectivity index is 2.32. The minimum Gasteiger partial charge on any atom is -0.293 e. The Hall–Kier alpha value is -0.630. The summed E-state index contributed by atoms with van der Waals surface area (Å²) >= 11 is 3.63. The summed E-state index contributed by atoms with van der Waals surface area (Å²) < 4.78 is -0.279. The first kappa shape index (κ1) is 10.9. The lowest BCUT2D eigenvalue weighted by Gasteiger charge is -2.20. The van der Waals surface area contributed by atoms with E-state index in [1.54, 1.807) is 0 Å². The van der Waals surface area contributed by atoms with Gasteiger partial charge in [-0.2, -0.15) is 0 Å². The van der Waals surface area contributed by atoms with Crippen LogP contribution in [-0.4, -0.2) is 10.1 Å². The van der Waals surface area contributed by atoms with Crippen LogP contribution in [-0.2, 0) is 0 Å². The molecule has 1 fully saturated rings. The number of halogens is 1. The van der Waals surface area contributed by atoms with Crippen LogP contribution in [0.25, 0.3) is 0 Å². The molecule has 0 amide bonds. The number of carbonyl (C=O) groups is 1. The average molecular weight is 267 g/mol. The monoisotopic (exact) mass is 266 g/mol. The van der Waals surface area contributed by atoms with Crippen LogP contribution in [0.5, 0.6) is 0 Å². The number of benzene rings is 1. The van der Waals surface area contributed by atoms with Gasteiger partial charge in [0.05, 0.1) is 4.32 Å². The van der Waals surface area contributed by atoms with Crippen molar-refractivity contribution in [2.45, 2.75) is 36.9 Å². The van der Waals surface area contributed by atoms with E-state index >= 15 is 0 Å². The molecule has 15 heavy (non-hydrogen) atoms. The van der Waals surface area contributed by atoms with Gasteiger partial charge in [0.2, 0.25) is 0 Å². The fraction of sp³-hybridized carbons (Fsp3) is 0.462. The second-order valence-corrected chi connectivity index (χ2v) is 5.83. The van der Waals surface area contributed by atoms with Crippen molar-refractivity contribution < 1.29 is 4.79 Å². The second-order valence-electron chi connectivity index (χ2n) is 4.32. The third-order valence-electron chi connectivity index (χ3n) is 3.19. The number of hydrogen-bond acceptors (Lipinski definition) is 1. The van der Waals surface area contributed by atoms with Gasteiger partial charge in [0, 0.05) is 5.56 Å². The smallest absolute Gasteiger partial charge is 0.179 e. The van der Waals surface area contributed by atoms with Gasteiger partial charge in [0.15, 0.2) is 5.78 Å². The van der Waals surface area contributed by atoms with E-state index < -0.39 is 0 Å². The van der Waals surface area contributed by atoms with Gasteiger partial charge in [-0.3, -0.25) is 4.79 Å². The van der Waals surface area contributed by atoms with E-state index in [0.29, 0.717) is 0 Å². The van der Waals surface area contributed by atoms with Crippen molar-refractivity contribution in [1.29, 1.82) is 0 Å². The van der Waals surface area contributed by atoms with Crippen LogP contribution in [0.1, 0.15) is 41.6 Å². The van der Waals surface area contributed by atoms with Crippen molar-refractivity contribution >= 4 is 21.7 Å². The lowest BCUT2D eigenvalue weighted by atomic mass is 9.93. The highest BCUT2D eigenvalue weighted by Crippen LogP contribution is 2.40. The predicted molar refractivity (Wildman–Crippen MR) is 65.6 cm³/mol. The summed E-state index contributed by atoms with van der Waals surface area (Å²) in [5, 5.41) is 0. The Morgan fingerprint density at radius 3 is 2.47 bits per heavy atom. The third-order valence-corrected chi connectivity index (χ3v) is 4.35. The zero-order valence-corrected chi connectivity index (χ0v) is 10.5. The molecule has 0 saturated heterocycles. The van der Waals surface area contributed by atoms with Crippen LogP contribution in [0.4, 0.5) is 0 Å². The van der Waals surface area contributed by atoms with E-state index in [1.807, 2.05) is 31.2 Å². The minimum absolute atomic E-state index is 0.262. The van der Waals surface area contributed by atoms with Crippen LogP contribution in [0.2, 0.25) is 0 Å². The number of aryl methyl sites for hydroxylation is 1. The number of ketones is 1. The molecule has 0 aromatic heterocycles. The van der Waals surface area contributed by atoms with E-state index in [-0.39, 0.29) is 10.1 Å². The van der Waals surface area contributed by atoms with Gasteiger partial charge in [-0.15, -0.1) is 0 Å². The molecule has 0 radical (unpaired) electrons. The molecule has 0 bridgehead atoms. The highest BCUT2D eigenvalue weighted by molar-refractivity contribution is 9.10. The second kappa shape index (κ2) is 4.09. The van der Waals surface area contributed by atoms with Crippen LogP contribution < -0.4 is 0 Å². The lowest BCUT2D eigenvalue weighted by molar-refractivity contribution is 0.0948. The van der Waals surface area contributed by atoms with Gasteiger partial charge < -0.3 is 0 Å². The molecule has 1 aromatic rings. The van der Waals surface area contributed by atoms with E-state index in [4.69, 9.17) is 0 Å². The highest BCUT2D eigenvalue weighted by Gasteiger charge is 2.39. The first-order chi connectivity index (χ1) is 7.13. The molecule has 0 N–H and O–H groups in total. The Morgan fingerprint density at radius 1 is 1.27 bits per heavy atom. The fourth-order valence-electron chi connectivity index (χ4n) is 2.23. The maximum absolute atomic E-state index is 12.3. The summed E-state index contributed by atoms with van der Waals surface area (Å²) in [7, 11) is 0. The number of Topliss-reactive ketones (excluding diaryl/α,β-unsaturated/α-hetero) is 1. The standard InChI is InChI=1S/C13H15BrO/c1-10-6-2-3-7-11(10)12(15)13(14)8-4-5-9-13/h2-3,6-7H,4-5,8-9H2,1H3. The van der Waals surface area contributed by atoms with Crippen LogP contribution in [0.3, 0.4) is 0 Å². The molecule has 1 nitrogen and oxygen atoms in total. The van der Waals surface area contributed by atoms with Gasteiger partial charge >= 0.3 is 0 Å². The Bertz CT molecular complexity index is 378. The summed E-state index contributed by atoms with van der Waals surface area (Å²) in [6.07, 6.45) is 4.26. The first-order valence-corrected chi connectivity index (χ1v) is 6.22. The largest absolute Gasteiger partial charge is 0.293 e. The Labute approximate surface area is 99.0 Å². The molecule has 2 rings (SSSR count). The molecule has 80 valence electrons. The van der Waals surface area contributed by atoms with Crippen molar-refractivity contribution in [3.8, 4) is 0 Å². The molecule has 0 unspecified atom stereocenters. The molecular weight excluding hydrogens is 252 g/mol. The van der Waals surface area contributed by atoms with Gasteiger partial charge in [0.25, 0.3) is 0 Å². The molecule has 1 aliphatic carbocycles. The van der Waals surface area contributed by atoms with Crippen LogP contribution in [0, 0.1) is 6.92 Å². The maximum atomic E-state index is 12.3. The Morgan fingerprint density at radius 2 is 1.87 bits per heavy atom. The summed E-state index contributed by atoms with van der Waals surface area (Å²) in [6, 6.07) is 7.84. The minimum atomic E-state index is -0.279. The molecule has 1 saturated carbocycles. The fourth-order valence-corrected chi connectivity index (χ4v) is 3.01. The van der Waals surface area contributed by atoms with Crippen molar-refractivity contribution in [3.05, 3.63) is 35.4 Å². The van der Waals surface area contributed by atoms with Gasteiger partial charge in [0.1, 0.15) is 0 Å². The maximum Gasteiger partial charge on any atom is 0.179 e.